The van der Waals surface area contributed by atoms with Crippen LogP contribution < -0.4 is 4.90 Å². The minimum Gasteiger partial charge on any atom is -0.341 e. The lowest BCUT2D eigenvalue weighted by atomic mass is 10.1. The van der Waals surface area contributed by atoms with Gasteiger partial charge in [-0.1, -0.05) is 29.8 Å². The molecule has 1 aliphatic rings. The lowest BCUT2D eigenvalue weighted by Crippen LogP contribution is -2.17. The number of aryl methyl sites for hydroxylation is 1. The number of nitrogens with zero attached hydrogens (tertiary/aromatic N) is 1. The van der Waals surface area contributed by atoms with Gasteiger partial charge in [-0.15, -0.1) is 0 Å². The first kappa shape index (κ1) is 13.2. The standard InChI is InChI=1S/C17H16ClNO/c18-16-11-15(9-8-14(16)12-20)19-10-4-3-6-13-5-1-2-7-17(13)19/h1-2,5,7-9,11-12H,3-4,6,10H2. The maximum absolute atomic E-state index is 10.9. The van der Waals surface area contributed by atoms with Gasteiger partial charge in [0.25, 0.3) is 0 Å². The molecule has 2 nitrogen and oxygen atoms in total. The number of hydrogen-bond acceptors (Lipinski definition) is 2. The molecule has 0 amide bonds. The average molecular weight is 286 g/mol. The fraction of sp³-hybridized carbons (Fsp3) is 0.235. The first-order valence-corrected chi connectivity index (χ1v) is 7.27. The topological polar surface area (TPSA) is 20.3 Å². The summed E-state index contributed by atoms with van der Waals surface area (Å²) in [6.07, 6.45) is 4.27. The molecule has 2 aromatic carbocycles. The fourth-order valence-electron chi connectivity index (χ4n) is 2.74. The van der Waals surface area contributed by atoms with Gasteiger partial charge in [-0.3, -0.25) is 4.79 Å². The van der Waals surface area contributed by atoms with E-state index in [1.807, 2.05) is 12.1 Å². The van der Waals surface area contributed by atoms with Gasteiger partial charge in [-0.2, -0.15) is 0 Å². The van der Waals surface area contributed by atoms with Crippen LogP contribution in [0.5, 0.6) is 0 Å². The molecule has 102 valence electrons. The average Bonchev–Trinajstić information content (AvgIpc) is 2.69. The van der Waals surface area contributed by atoms with Crippen LogP contribution in [0.1, 0.15) is 28.8 Å². The zero-order chi connectivity index (χ0) is 13.9. The summed E-state index contributed by atoms with van der Waals surface area (Å²) in [5, 5.41) is 0.513. The van der Waals surface area contributed by atoms with E-state index in [2.05, 4.69) is 29.2 Å². The molecule has 0 N–H and O–H groups in total. The lowest BCUT2D eigenvalue weighted by Gasteiger charge is -2.25. The summed E-state index contributed by atoms with van der Waals surface area (Å²) in [7, 11) is 0. The summed E-state index contributed by atoms with van der Waals surface area (Å²) in [6.45, 7) is 0.980. The molecule has 20 heavy (non-hydrogen) atoms. The Morgan fingerprint density at radius 1 is 1.10 bits per heavy atom. The number of halogens is 1. The van der Waals surface area contributed by atoms with Crippen LogP contribution in [0.3, 0.4) is 0 Å². The molecular weight excluding hydrogens is 270 g/mol. The maximum Gasteiger partial charge on any atom is 0.151 e. The van der Waals surface area contributed by atoms with E-state index >= 15 is 0 Å². The zero-order valence-corrected chi connectivity index (χ0v) is 11.9. The lowest BCUT2D eigenvalue weighted by molar-refractivity contribution is 0.112. The zero-order valence-electron chi connectivity index (χ0n) is 11.2. The summed E-state index contributed by atoms with van der Waals surface area (Å²) in [5.74, 6) is 0. The number of para-hydroxylation sites is 1. The van der Waals surface area contributed by atoms with Crippen molar-refractivity contribution < 1.29 is 4.79 Å². The summed E-state index contributed by atoms with van der Waals surface area (Å²) in [4.78, 5) is 13.2. The molecule has 0 saturated heterocycles. The molecule has 3 heteroatoms. The molecule has 0 aliphatic carbocycles. The molecule has 1 heterocycles. The van der Waals surface area contributed by atoms with Crippen molar-refractivity contribution in [3.05, 3.63) is 58.6 Å². The van der Waals surface area contributed by atoms with Gasteiger partial charge in [0.2, 0.25) is 0 Å². The third kappa shape index (κ3) is 2.44. The molecule has 2 aromatic rings. The van der Waals surface area contributed by atoms with E-state index in [0.717, 1.165) is 31.4 Å². The van der Waals surface area contributed by atoms with Crippen LogP contribution in [-0.4, -0.2) is 12.8 Å². The number of carbonyl (C=O) groups excluding carboxylic acids is 1. The van der Waals surface area contributed by atoms with E-state index in [1.54, 1.807) is 6.07 Å². The van der Waals surface area contributed by atoms with E-state index in [0.29, 0.717) is 10.6 Å². The van der Waals surface area contributed by atoms with Gasteiger partial charge in [0.1, 0.15) is 0 Å². The largest absolute Gasteiger partial charge is 0.341 e. The monoisotopic (exact) mass is 285 g/mol. The van der Waals surface area contributed by atoms with E-state index < -0.39 is 0 Å². The molecule has 0 radical (unpaired) electrons. The van der Waals surface area contributed by atoms with Crippen LogP contribution in [0.25, 0.3) is 0 Å². The van der Waals surface area contributed by atoms with Crippen LogP contribution in [0.4, 0.5) is 11.4 Å². The number of carbonyl (C=O) groups is 1. The minimum atomic E-state index is 0.513. The van der Waals surface area contributed by atoms with Gasteiger partial charge in [-0.25, -0.2) is 0 Å². The Morgan fingerprint density at radius 2 is 1.95 bits per heavy atom. The molecular formula is C17H16ClNO. The van der Waals surface area contributed by atoms with Crippen molar-refractivity contribution in [1.82, 2.24) is 0 Å². The van der Waals surface area contributed by atoms with Gasteiger partial charge in [0.05, 0.1) is 5.02 Å². The van der Waals surface area contributed by atoms with Gasteiger partial charge in [0.15, 0.2) is 6.29 Å². The molecule has 0 bridgehead atoms. The first-order valence-electron chi connectivity index (χ1n) is 6.90. The summed E-state index contributed by atoms with van der Waals surface area (Å²) < 4.78 is 0. The Hall–Kier alpha value is -1.80. The van der Waals surface area contributed by atoms with E-state index in [4.69, 9.17) is 11.6 Å². The van der Waals surface area contributed by atoms with Crippen LogP contribution >= 0.6 is 11.6 Å². The molecule has 1 aliphatic heterocycles. The molecule has 0 unspecified atom stereocenters. The van der Waals surface area contributed by atoms with Crippen molar-refractivity contribution in [1.29, 1.82) is 0 Å². The van der Waals surface area contributed by atoms with Crippen molar-refractivity contribution >= 4 is 29.3 Å². The van der Waals surface area contributed by atoms with Gasteiger partial charge in [0, 0.05) is 23.5 Å². The predicted octanol–water partition coefficient (Wildman–Crippen LogP) is 4.63. The normalized spacial score (nSPS) is 14.6. The highest BCUT2D eigenvalue weighted by molar-refractivity contribution is 6.33. The summed E-state index contributed by atoms with van der Waals surface area (Å²) in [6, 6.07) is 14.1. The van der Waals surface area contributed by atoms with Crippen LogP contribution in [0.15, 0.2) is 42.5 Å². The van der Waals surface area contributed by atoms with Gasteiger partial charge in [-0.05, 0) is 49.1 Å². The Morgan fingerprint density at radius 3 is 2.75 bits per heavy atom. The number of rotatable bonds is 2. The Kier molecular flexibility index (Phi) is 3.75. The number of anilines is 2. The third-order valence-corrected chi connectivity index (χ3v) is 4.11. The Balaban J connectivity index is 2.05. The second kappa shape index (κ2) is 5.68. The molecule has 0 spiro atoms. The highest BCUT2D eigenvalue weighted by Gasteiger charge is 2.17. The second-order valence-corrected chi connectivity index (χ2v) is 5.47. The third-order valence-electron chi connectivity index (χ3n) is 3.78. The smallest absolute Gasteiger partial charge is 0.151 e. The summed E-state index contributed by atoms with van der Waals surface area (Å²) in [5.41, 5.74) is 4.22. The Labute approximate surface area is 124 Å². The molecule has 0 atom stereocenters. The molecule has 0 fully saturated rings. The van der Waals surface area contributed by atoms with Gasteiger partial charge >= 0.3 is 0 Å². The van der Waals surface area contributed by atoms with E-state index in [-0.39, 0.29) is 0 Å². The highest BCUT2D eigenvalue weighted by Crippen LogP contribution is 2.34. The quantitative estimate of drug-likeness (QED) is 0.750. The van der Waals surface area contributed by atoms with Crippen molar-refractivity contribution in [2.75, 3.05) is 11.4 Å². The number of hydrogen-bond donors (Lipinski definition) is 0. The predicted molar refractivity (Wildman–Crippen MR) is 83.2 cm³/mol. The first-order chi connectivity index (χ1) is 9.79. The van der Waals surface area contributed by atoms with Crippen LogP contribution in [-0.2, 0) is 6.42 Å². The number of benzene rings is 2. The minimum absolute atomic E-state index is 0.513. The highest BCUT2D eigenvalue weighted by atomic mass is 35.5. The number of aldehydes is 1. The van der Waals surface area contributed by atoms with Crippen LogP contribution in [0, 0.1) is 0 Å². The molecule has 0 saturated carbocycles. The van der Waals surface area contributed by atoms with Crippen molar-refractivity contribution in [3.8, 4) is 0 Å². The maximum atomic E-state index is 10.9. The van der Waals surface area contributed by atoms with Crippen molar-refractivity contribution in [3.63, 3.8) is 0 Å². The molecule has 0 aromatic heterocycles. The number of fused-ring (bicyclic) bond motifs is 1. The van der Waals surface area contributed by atoms with E-state index in [9.17, 15) is 4.79 Å². The molecule has 3 rings (SSSR count). The van der Waals surface area contributed by atoms with E-state index in [1.165, 1.54) is 17.7 Å². The van der Waals surface area contributed by atoms with Gasteiger partial charge < -0.3 is 4.90 Å². The fourth-order valence-corrected chi connectivity index (χ4v) is 2.96. The Bertz CT molecular complexity index is 639. The SMILES string of the molecule is O=Cc1ccc(N2CCCCc3ccccc32)cc1Cl. The van der Waals surface area contributed by atoms with Crippen LogP contribution in [0.2, 0.25) is 5.02 Å². The summed E-state index contributed by atoms with van der Waals surface area (Å²) >= 11 is 6.16. The van der Waals surface area contributed by atoms with Crippen molar-refractivity contribution in [2.45, 2.75) is 19.3 Å². The second-order valence-electron chi connectivity index (χ2n) is 5.06. The van der Waals surface area contributed by atoms with Crippen molar-refractivity contribution in [2.24, 2.45) is 0 Å².